The molecular formula is C22H46N6O2. The molecule has 1 rings (SSSR count). The molecule has 176 valence electrons. The highest BCUT2D eigenvalue weighted by Gasteiger charge is 2.09. The predicted molar refractivity (Wildman–Crippen MR) is 126 cm³/mol. The Kier molecular flexibility index (Phi) is 17.8. The first-order valence-electron chi connectivity index (χ1n) is 11.5. The molecule has 1 aliphatic heterocycles. The molecule has 0 aromatic heterocycles. The van der Waals surface area contributed by atoms with Crippen molar-refractivity contribution in [1.29, 1.82) is 0 Å². The van der Waals surface area contributed by atoms with Crippen LogP contribution in [0.25, 0.3) is 0 Å². The fourth-order valence-corrected chi connectivity index (χ4v) is 3.18. The summed E-state index contributed by atoms with van der Waals surface area (Å²) >= 11 is 0. The maximum atomic E-state index is 10.2. The van der Waals surface area contributed by atoms with E-state index in [1.807, 2.05) is 0 Å². The highest BCUT2D eigenvalue weighted by Crippen LogP contribution is 2.11. The minimum absolute atomic E-state index is 0.0129. The minimum atomic E-state index is -1.00. The Labute approximate surface area is 183 Å². The van der Waals surface area contributed by atoms with E-state index in [0.29, 0.717) is 19.4 Å². The summed E-state index contributed by atoms with van der Waals surface area (Å²) in [5.41, 5.74) is 15.3. The van der Waals surface area contributed by atoms with Crippen LogP contribution in [0, 0.1) is 0 Å². The minimum Gasteiger partial charge on any atom is -0.480 e. The number of unbranched alkanes of at least 4 members (excludes halogenated alkanes) is 9. The average molecular weight is 427 g/mol. The number of hydrogen-bond acceptors (Lipinski definition) is 5. The van der Waals surface area contributed by atoms with Crippen LogP contribution in [0.2, 0.25) is 0 Å². The SMILES string of the molecule is CCCCCCCCCCCCN1C=CN(C)C1.NC(N)=NCCCC(N)C(=O)O. The maximum absolute atomic E-state index is 10.2. The van der Waals surface area contributed by atoms with Gasteiger partial charge in [0.05, 0.1) is 6.67 Å². The lowest BCUT2D eigenvalue weighted by atomic mass is 10.1. The van der Waals surface area contributed by atoms with E-state index < -0.39 is 12.0 Å². The third kappa shape index (κ3) is 18.1. The zero-order valence-corrected chi connectivity index (χ0v) is 19.3. The lowest BCUT2D eigenvalue weighted by molar-refractivity contribution is -0.138. The second-order valence-corrected chi connectivity index (χ2v) is 8.08. The standard InChI is InChI=1S/C16H32N2.C6H14N4O2/c1-3-4-5-6-7-8-9-10-11-12-13-18-15-14-17(2)16-18;7-4(5(11)12)2-1-3-10-6(8)9/h14-15H,3-13,16H2,1-2H3;4H,1-3,7H2,(H,11,12)(H4,8,9,10). The Morgan fingerprint density at radius 3 is 2.03 bits per heavy atom. The van der Waals surface area contributed by atoms with Crippen molar-refractivity contribution in [3.8, 4) is 0 Å². The molecule has 0 amide bonds. The molecule has 0 saturated heterocycles. The van der Waals surface area contributed by atoms with Crippen LogP contribution in [0.4, 0.5) is 0 Å². The fourth-order valence-electron chi connectivity index (χ4n) is 3.18. The first-order valence-corrected chi connectivity index (χ1v) is 11.5. The molecule has 0 bridgehead atoms. The Balaban J connectivity index is 0.000000612. The van der Waals surface area contributed by atoms with Crippen molar-refractivity contribution in [2.45, 2.75) is 90.0 Å². The highest BCUT2D eigenvalue weighted by atomic mass is 16.4. The van der Waals surface area contributed by atoms with Gasteiger partial charge in [-0.15, -0.1) is 0 Å². The third-order valence-electron chi connectivity index (χ3n) is 5.02. The number of carbonyl (C=O) groups is 1. The molecule has 1 atom stereocenters. The second-order valence-electron chi connectivity index (χ2n) is 8.08. The molecule has 0 saturated carbocycles. The predicted octanol–water partition coefficient (Wildman–Crippen LogP) is 3.04. The van der Waals surface area contributed by atoms with Gasteiger partial charge < -0.3 is 32.1 Å². The summed E-state index contributed by atoms with van der Waals surface area (Å²) in [6, 6.07) is -0.820. The third-order valence-corrected chi connectivity index (χ3v) is 5.02. The number of carboxylic acid groups (broad SMARTS) is 1. The Morgan fingerprint density at radius 2 is 1.57 bits per heavy atom. The molecule has 0 aliphatic carbocycles. The van der Waals surface area contributed by atoms with Crippen molar-refractivity contribution in [3.05, 3.63) is 12.4 Å². The molecule has 1 heterocycles. The number of aliphatic imine (C=N–C) groups is 1. The molecular weight excluding hydrogens is 380 g/mol. The van der Waals surface area contributed by atoms with Gasteiger partial charge in [-0.3, -0.25) is 9.79 Å². The number of rotatable bonds is 16. The van der Waals surface area contributed by atoms with Crippen molar-refractivity contribution in [2.75, 3.05) is 26.8 Å². The molecule has 0 radical (unpaired) electrons. The van der Waals surface area contributed by atoms with Crippen molar-refractivity contribution in [3.63, 3.8) is 0 Å². The lowest BCUT2D eigenvalue weighted by Crippen LogP contribution is -2.30. The van der Waals surface area contributed by atoms with Crippen molar-refractivity contribution in [1.82, 2.24) is 9.80 Å². The first-order chi connectivity index (χ1) is 14.4. The largest absolute Gasteiger partial charge is 0.480 e. The summed E-state index contributed by atoms with van der Waals surface area (Å²) in [6.45, 7) is 5.02. The van der Waals surface area contributed by atoms with Gasteiger partial charge in [0, 0.05) is 32.5 Å². The van der Waals surface area contributed by atoms with Gasteiger partial charge in [0.2, 0.25) is 0 Å². The second kappa shape index (κ2) is 19.0. The lowest BCUT2D eigenvalue weighted by Gasteiger charge is -2.17. The molecule has 0 aromatic rings. The quantitative estimate of drug-likeness (QED) is 0.169. The van der Waals surface area contributed by atoms with Gasteiger partial charge in [-0.25, -0.2) is 0 Å². The van der Waals surface area contributed by atoms with Crippen LogP contribution in [-0.4, -0.2) is 59.7 Å². The van der Waals surface area contributed by atoms with Crippen LogP contribution in [0.3, 0.4) is 0 Å². The van der Waals surface area contributed by atoms with Crippen LogP contribution >= 0.6 is 0 Å². The molecule has 1 aliphatic rings. The van der Waals surface area contributed by atoms with E-state index in [-0.39, 0.29) is 5.96 Å². The molecule has 0 aromatic carbocycles. The van der Waals surface area contributed by atoms with E-state index in [2.05, 4.69) is 41.2 Å². The molecule has 7 N–H and O–H groups in total. The molecule has 1 unspecified atom stereocenters. The number of carboxylic acids is 1. The van der Waals surface area contributed by atoms with Gasteiger partial charge in [0.1, 0.15) is 6.04 Å². The molecule has 8 heteroatoms. The number of nitrogens with two attached hydrogens (primary N) is 3. The van der Waals surface area contributed by atoms with E-state index in [1.54, 1.807) is 0 Å². The molecule has 8 nitrogen and oxygen atoms in total. The van der Waals surface area contributed by atoms with E-state index in [1.165, 1.54) is 70.8 Å². The van der Waals surface area contributed by atoms with Crippen LogP contribution in [0.5, 0.6) is 0 Å². The van der Waals surface area contributed by atoms with Crippen molar-refractivity contribution >= 4 is 11.9 Å². The molecule has 0 fully saturated rings. The number of nitrogens with zero attached hydrogens (tertiary/aromatic N) is 3. The van der Waals surface area contributed by atoms with E-state index in [0.717, 1.165) is 6.67 Å². The monoisotopic (exact) mass is 426 g/mol. The zero-order valence-electron chi connectivity index (χ0n) is 19.3. The van der Waals surface area contributed by atoms with Crippen LogP contribution in [0.15, 0.2) is 17.4 Å². The van der Waals surface area contributed by atoms with Crippen molar-refractivity contribution < 1.29 is 9.90 Å². The highest BCUT2D eigenvalue weighted by molar-refractivity contribution is 5.75. The first kappa shape index (κ1) is 28.0. The Hall–Kier alpha value is -1.96. The van der Waals surface area contributed by atoms with E-state index in [4.69, 9.17) is 22.3 Å². The normalized spacial score (nSPS) is 13.7. The van der Waals surface area contributed by atoms with E-state index in [9.17, 15) is 4.79 Å². The summed E-state index contributed by atoms with van der Waals surface area (Å²) in [4.78, 5) is 18.5. The fraction of sp³-hybridized carbons (Fsp3) is 0.818. The van der Waals surface area contributed by atoms with Gasteiger partial charge in [0.15, 0.2) is 5.96 Å². The van der Waals surface area contributed by atoms with Crippen LogP contribution < -0.4 is 17.2 Å². The molecule has 0 spiro atoms. The number of guanidine groups is 1. The van der Waals surface area contributed by atoms with Crippen LogP contribution in [0.1, 0.15) is 84.0 Å². The summed E-state index contributed by atoms with van der Waals surface area (Å²) in [5, 5.41) is 8.38. The summed E-state index contributed by atoms with van der Waals surface area (Å²) in [6.07, 6.45) is 19.6. The zero-order chi connectivity index (χ0) is 22.6. The topological polar surface area (TPSA) is 134 Å². The average Bonchev–Trinajstić information content (AvgIpc) is 3.12. The summed E-state index contributed by atoms with van der Waals surface area (Å²) in [7, 11) is 2.13. The Morgan fingerprint density at radius 1 is 1.00 bits per heavy atom. The van der Waals surface area contributed by atoms with Gasteiger partial charge in [0.25, 0.3) is 0 Å². The summed E-state index contributed by atoms with van der Waals surface area (Å²) < 4.78 is 0. The van der Waals surface area contributed by atoms with Crippen LogP contribution in [-0.2, 0) is 4.79 Å². The number of hydrogen-bond donors (Lipinski definition) is 4. The van der Waals surface area contributed by atoms with Gasteiger partial charge in [-0.05, 0) is 19.3 Å². The van der Waals surface area contributed by atoms with Crippen molar-refractivity contribution in [2.24, 2.45) is 22.2 Å². The number of aliphatic carboxylic acids is 1. The maximum Gasteiger partial charge on any atom is 0.320 e. The van der Waals surface area contributed by atoms with Gasteiger partial charge >= 0.3 is 5.97 Å². The summed E-state index contributed by atoms with van der Waals surface area (Å²) in [5.74, 6) is -0.987. The smallest absolute Gasteiger partial charge is 0.320 e. The Bertz CT molecular complexity index is 480. The van der Waals surface area contributed by atoms with Gasteiger partial charge in [-0.1, -0.05) is 64.7 Å². The van der Waals surface area contributed by atoms with Gasteiger partial charge in [-0.2, -0.15) is 0 Å². The molecule has 30 heavy (non-hydrogen) atoms. The van der Waals surface area contributed by atoms with E-state index >= 15 is 0 Å².